The van der Waals surface area contributed by atoms with E-state index in [9.17, 15) is 4.79 Å². The smallest absolute Gasteiger partial charge is 0.251 e. The minimum Gasteiger partial charge on any atom is -0.487 e. The molecule has 4 aromatic rings. The van der Waals surface area contributed by atoms with E-state index in [1.807, 2.05) is 65.3 Å². The first-order chi connectivity index (χ1) is 17.1. The molecule has 1 fully saturated rings. The van der Waals surface area contributed by atoms with Crippen molar-refractivity contribution in [1.29, 1.82) is 0 Å². The third-order valence-corrected chi connectivity index (χ3v) is 6.18. The summed E-state index contributed by atoms with van der Waals surface area (Å²) in [6.07, 6.45) is 4.01. The zero-order chi connectivity index (χ0) is 24.0. The highest BCUT2D eigenvalue weighted by Gasteiger charge is 2.21. The van der Waals surface area contributed by atoms with Gasteiger partial charge in [0.05, 0.1) is 24.9 Å². The van der Waals surface area contributed by atoms with Crippen molar-refractivity contribution in [3.63, 3.8) is 0 Å². The van der Waals surface area contributed by atoms with Crippen molar-refractivity contribution in [2.24, 2.45) is 0 Å². The highest BCUT2D eigenvalue weighted by molar-refractivity contribution is 5.94. The number of morpholine rings is 1. The second-order valence-electron chi connectivity index (χ2n) is 8.87. The van der Waals surface area contributed by atoms with Crippen LogP contribution in [0.1, 0.15) is 33.2 Å². The molecule has 1 unspecified atom stereocenters. The monoisotopic (exact) mass is 470 g/mol. The Morgan fingerprint density at radius 2 is 1.89 bits per heavy atom. The highest BCUT2D eigenvalue weighted by Crippen LogP contribution is 2.19. The standard InChI is InChI=1S/C28H30N4O3/c1-21-10-11-27-29-24(18-32(27)17-21)20-35-25-9-5-8-23(16-25)28(33)30-26(22-6-3-2-4-7-22)19-31-12-14-34-15-13-31/h2-11,16-18,26H,12-15,19-20H2,1H3,(H,30,33). The number of pyridine rings is 1. The molecule has 7 heteroatoms. The number of amides is 1. The van der Waals surface area contributed by atoms with Crippen molar-refractivity contribution in [2.75, 3.05) is 32.8 Å². The summed E-state index contributed by atoms with van der Waals surface area (Å²) in [6, 6.07) is 21.3. The maximum atomic E-state index is 13.2. The highest BCUT2D eigenvalue weighted by atomic mass is 16.5. The number of aryl methyl sites for hydroxylation is 1. The number of carbonyl (C=O) groups is 1. The van der Waals surface area contributed by atoms with Crippen molar-refractivity contribution < 1.29 is 14.3 Å². The fourth-order valence-electron chi connectivity index (χ4n) is 4.31. The fourth-order valence-corrected chi connectivity index (χ4v) is 4.31. The molecular weight excluding hydrogens is 440 g/mol. The van der Waals surface area contributed by atoms with Crippen LogP contribution in [0.5, 0.6) is 5.75 Å². The average molecular weight is 471 g/mol. The summed E-state index contributed by atoms with van der Waals surface area (Å²) < 4.78 is 13.5. The van der Waals surface area contributed by atoms with E-state index >= 15 is 0 Å². The number of hydrogen-bond donors (Lipinski definition) is 1. The third-order valence-electron chi connectivity index (χ3n) is 6.18. The number of aromatic nitrogens is 2. The van der Waals surface area contributed by atoms with E-state index in [2.05, 4.69) is 34.3 Å². The van der Waals surface area contributed by atoms with Gasteiger partial charge in [0.15, 0.2) is 0 Å². The van der Waals surface area contributed by atoms with Gasteiger partial charge in [-0.05, 0) is 42.3 Å². The Bertz CT molecular complexity index is 1280. The Labute approximate surface area is 205 Å². The second kappa shape index (κ2) is 10.7. The summed E-state index contributed by atoms with van der Waals surface area (Å²) in [5, 5.41) is 3.23. The van der Waals surface area contributed by atoms with Gasteiger partial charge >= 0.3 is 0 Å². The lowest BCUT2D eigenvalue weighted by Crippen LogP contribution is -2.43. The molecule has 7 nitrogen and oxygen atoms in total. The van der Waals surface area contributed by atoms with E-state index in [-0.39, 0.29) is 11.9 Å². The minimum absolute atomic E-state index is 0.118. The molecule has 35 heavy (non-hydrogen) atoms. The maximum Gasteiger partial charge on any atom is 0.251 e. The van der Waals surface area contributed by atoms with Crippen molar-refractivity contribution in [1.82, 2.24) is 19.6 Å². The van der Waals surface area contributed by atoms with Gasteiger partial charge in [-0.1, -0.05) is 42.5 Å². The SMILES string of the molecule is Cc1ccc2nc(COc3cccc(C(=O)NC(CN4CCOCC4)c4ccccc4)c3)cn2c1. The number of imidazole rings is 1. The van der Waals surface area contributed by atoms with E-state index in [0.29, 0.717) is 17.9 Å². The Balaban J connectivity index is 1.26. The van der Waals surface area contributed by atoms with Gasteiger partial charge in [0.25, 0.3) is 5.91 Å². The zero-order valence-electron chi connectivity index (χ0n) is 19.9. The molecule has 1 aliphatic rings. The molecule has 1 saturated heterocycles. The molecule has 1 N–H and O–H groups in total. The molecule has 0 spiro atoms. The topological polar surface area (TPSA) is 68.1 Å². The summed E-state index contributed by atoms with van der Waals surface area (Å²) in [4.78, 5) is 20.2. The van der Waals surface area contributed by atoms with Gasteiger partial charge in [-0.15, -0.1) is 0 Å². The zero-order valence-corrected chi connectivity index (χ0v) is 19.9. The lowest BCUT2D eigenvalue weighted by atomic mass is 10.1. The van der Waals surface area contributed by atoms with Crippen LogP contribution < -0.4 is 10.1 Å². The molecule has 5 rings (SSSR count). The van der Waals surface area contributed by atoms with Crippen molar-refractivity contribution >= 4 is 11.6 Å². The van der Waals surface area contributed by atoms with E-state index in [0.717, 1.165) is 49.8 Å². The van der Waals surface area contributed by atoms with Gasteiger partial charge in [0.1, 0.15) is 18.0 Å². The third kappa shape index (κ3) is 5.88. The molecule has 0 radical (unpaired) electrons. The maximum absolute atomic E-state index is 13.2. The molecule has 1 amide bonds. The lowest BCUT2D eigenvalue weighted by molar-refractivity contribution is 0.0332. The van der Waals surface area contributed by atoms with Crippen LogP contribution in [0.2, 0.25) is 0 Å². The first kappa shape index (κ1) is 23.1. The van der Waals surface area contributed by atoms with Crippen LogP contribution >= 0.6 is 0 Å². The lowest BCUT2D eigenvalue weighted by Gasteiger charge is -2.31. The van der Waals surface area contributed by atoms with Crippen molar-refractivity contribution in [2.45, 2.75) is 19.6 Å². The van der Waals surface area contributed by atoms with E-state index in [1.165, 1.54) is 5.56 Å². The quantitative estimate of drug-likeness (QED) is 0.421. The molecule has 1 atom stereocenters. The summed E-state index contributed by atoms with van der Waals surface area (Å²) >= 11 is 0. The number of nitrogens with zero attached hydrogens (tertiary/aromatic N) is 3. The number of nitrogens with one attached hydrogen (secondary N) is 1. The van der Waals surface area contributed by atoms with Crippen molar-refractivity contribution in [3.05, 3.63) is 102 Å². The second-order valence-corrected chi connectivity index (χ2v) is 8.87. The molecule has 2 aromatic carbocycles. The molecule has 0 aliphatic carbocycles. The van der Waals surface area contributed by atoms with Crippen LogP contribution in [-0.4, -0.2) is 53.0 Å². The van der Waals surface area contributed by atoms with Crippen LogP contribution in [0.3, 0.4) is 0 Å². The molecular formula is C28H30N4O3. The summed E-state index contributed by atoms with van der Waals surface area (Å²) in [5.41, 5.74) is 4.54. The number of carbonyl (C=O) groups excluding carboxylic acids is 1. The van der Waals surface area contributed by atoms with Gasteiger partial charge in [0.2, 0.25) is 0 Å². The Hall–Kier alpha value is -3.68. The fraction of sp³-hybridized carbons (Fsp3) is 0.286. The van der Waals surface area contributed by atoms with Crippen LogP contribution in [-0.2, 0) is 11.3 Å². The van der Waals surface area contributed by atoms with Gasteiger partial charge in [-0.25, -0.2) is 4.98 Å². The number of benzene rings is 2. The Morgan fingerprint density at radius 1 is 1.06 bits per heavy atom. The Kier molecular flexibility index (Phi) is 7.07. The average Bonchev–Trinajstić information content (AvgIpc) is 3.30. The predicted molar refractivity (Wildman–Crippen MR) is 135 cm³/mol. The van der Waals surface area contributed by atoms with E-state index in [1.54, 1.807) is 6.07 Å². The molecule has 0 saturated carbocycles. The molecule has 0 bridgehead atoms. The van der Waals surface area contributed by atoms with Crippen LogP contribution in [0.15, 0.2) is 79.1 Å². The number of hydrogen-bond acceptors (Lipinski definition) is 5. The van der Waals surface area contributed by atoms with Gasteiger partial charge in [0, 0.05) is 37.6 Å². The number of ether oxygens (including phenoxy) is 2. The van der Waals surface area contributed by atoms with Crippen LogP contribution in [0, 0.1) is 6.92 Å². The molecule has 180 valence electrons. The van der Waals surface area contributed by atoms with E-state index in [4.69, 9.17) is 9.47 Å². The first-order valence-corrected chi connectivity index (χ1v) is 12.0. The summed E-state index contributed by atoms with van der Waals surface area (Å²) in [6.45, 7) is 6.30. The number of fused-ring (bicyclic) bond motifs is 1. The summed E-state index contributed by atoms with van der Waals surface area (Å²) in [5.74, 6) is 0.510. The summed E-state index contributed by atoms with van der Waals surface area (Å²) in [7, 11) is 0. The number of rotatable bonds is 8. The first-order valence-electron chi connectivity index (χ1n) is 12.0. The van der Waals surface area contributed by atoms with Crippen LogP contribution in [0.4, 0.5) is 0 Å². The van der Waals surface area contributed by atoms with Gasteiger partial charge in [-0.3, -0.25) is 9.69 Å². The largest absolute Gasteiger partial charge is 0.487 e. The van der Waals surface area contributed by atoms with E-state index < -0.39 is 0 Å². The molecule has 3 heterocycles. The van der Waals surface area contributed by atoms with Gasteiger partial charge < -0.3 is 19.2 Å². The minimum atomic E-state index is -0.124. The normalized spacial score (nSPS) is 15.1. The Morgan fingerprint density at radius 3 is 2.71 bits per heavy atom. The van der Waals surface area contributed by atoms with Gasteiger partial charge in [-0.2, -0.15) is 0 Å². The van der Waals surface area contributed by atoms with Crippen LogP contribution in [0.25, 0.3) is 5.65 Å². The molecule has 1 aliphatic heterocycles. The van der Waals surface area contributed by atoms with Crippen molar-refractivity contribution in [3.8, 4) is 5.75 Å². The predicted octanol–water partition coefficient (Wildman–Crippen LogP) is 4.03. The molecule has 2 aromatic heterocycles.